The first-order chi connectivity index (χ1) is 13.1. The van der Waals surface area contributed by atoms with E-state index < -0.39 is 0 Å². The smallest absolute Gasteiger partial charge is 0.262 e. The van der Waals surface area contributed by atoms with Crippen LogP contribution < -0.4 is 15.4 Å². The molecule has 2 aromatic carbocycles. The Labute approximate surface area is 164 Å². The average molecular weight is 387 g/mol. The maximum absolute atomic E-state index is 12.6. The summed E-state index contributed by atoms with van der Waals surface area (Å²) in [5, 5.41) is 6.44. The molecule has 27 heavy (non-hydrogen) atoms. The predicted molar refractivity (Wildman–Crippen MR) is 106 cm³/mol. The van der Waals surface area contributed by atoms with E-state index in [1.807, 2.05) is 0 Å². The lowest BCUT2D eigenvalue weighted by atomic mass is 9.95. The van der Waals surface area contributed by atoms with E-state index in [0.717, 1.165) is 25.7 Å². The molecule has 1 aliphatic carbocycles. The standard InChI is InChI=1S/C21H23ClN2O3/c22-15-10-12-17(13-11-15)27-14-20(25)24-19-9-5-4-8-18(19)21(26)23-16-6-2-1-3-7-16/h4-5,8-13,16H,1-3,6-7,14H2,(H,23,26)(H,24,25). The van der Waals surface area contributed by atoms with E-state index in [-0.39, 0.29) is 24.5 Å². The van der Waals surface area contributed by atoms with Crippen molar-refractivity contribution in [1.82, 2.24) is 5.32 Å². The monoisotopic (exact) mass is 386 g/mol. The van der Waals surface area contributed by atoms with Gasteiger partial charge in [0, 0.05) is 11.1 Å². The number of nitrogens with one attached hydrogen (secondary N) is 2. The van der Waals surface area contributed by atoms with Crippen LogP contribution >= 0.6 is 11.6 Å². The Hall–Kier alpha value is -2.53. The molecule has 0 atom stereocenters. The molecular formula is C21H23ClN2O3. The van der Waals surface area contributed by atoms with Crippen LogP contribution in [0.15, 0.2) is 48.5 Å². The number of ether oxygens (including phenoxy) is 1. The van der Waals surface area contributed by atoms with Crippen LogP contribution in [0.25, 0.3) is 0 Å². The zero-order valence-corrected chi connectivity index (χ0v) is 15.8. The molecule has 2 aromatic rings. The summed E-state index contributed by atoms with van der Waals surface area (Å²) in [6, 6.07) is 14.0. The van der Waals surface area contributed by atoms with Gasteiger partial charge in [0.25, 0.3) is 11.8 Å². The van der Waals surface area contributed by atoms with Crippen LogP contribution in [-0.2, 0) is 4.79 Å². The van der Waals surface area contributed by atoms with E-state index in [0.29, 0.717) is 22.0 Å². The molecule has 1 aliphatic rings. The van der Waals surface area contributed by atoms with E-state index in [9.17, 15) is 9.59 Å². The fourth-order valence-corrected chi connectivity index (χ4v) is 3.29. The summed E-state index contributed by atoms with van der Waals surface area (Å²) in [6.45, 7) is -0.153. The van der Waals surface area contributed by atoms with Crippen LogP contribution in [0.2, 0.25) is 5.02 Å². The molecule has 0 unspecified atom stereocenters. The normalized spacial score (nSPS) is 14.4. The predicted octanol–water partition coefficient (Wildman–Crippen LogP) is 4.42. The van der Waals surface area contributed by atoms with Gasteiger partial charge in [-0.1, -0.05) is 43.0 Å². The molecule has 2 amide bonds. The zero-order valence-electron chi connectivity index (χ0n) is 15.0. The van der Waals surface area contributed by atoms with Gasteiger partial charge in [-0.3, -0.25) is 9.59 Å². The molecule has 6 heteroatoms. The summed E-state index contributed by atoms with van der Waals surface area (Å²) in [4.78, 5) is 24.8. The maximum atomic E-state index is 12.6. The average Bonchev–Trinajstić information content (AvgIpc) is 2.69. The van der Waals surface area contributed by atoms with Crippen LogP contribution in [0.5, 0.6) is 5.75 Å². The molecule has 0 spiro atoms. The number of rotatable bonds is 6. The zero-order chi connectivity index (χ0) is 19.1. The second kappa shape index (κ2) is 9.42. The summed E-state index contributed by atoms with van der Waals surface area (Å²) in [5.41, 5.74) is 0.943. The lowest BCUT2D eigenvalue weighted by molar-refractivity contribution is -0.118. The maximum Gasteiger partial charge on any atom is 0.262 e. The van der Waals surface area contributed by atoms with Gasteiger partial charge < -0.3 is 15.4 Å². The summed E-state index contributed by atoms with van der Waals surface area (Å²) in [5.74, 6) is 0.0668. The third-order valence-electron chi connectivity index (χ3n) is 4.57. The van der Waals surface area contributed by atoms with Gasteiger partial charge in [-0.2, -0.15) is 0 Å². The lowest BCUT2D eigenvalue weighted by Gasteiger charge is -2.23. The quantitative estimate of drug-likeness (QED) is 0.772. The van der Waals surface area contributed by atoms with Crippen molar-refractivity contribution in [3.63, 3.8) is 0 Å². The van der Waals surface area contributed by atoms with E-state index in [1.54, 1.807) is 48.5 Å². The molecule has 142 valence electrons. The van der Waals surface area contributed by atoms with Crippen molar-refractivity contribution in [2.75, 3.05) is 11.9 Å². The lowest BCUT2D eigenvalue weighted by Crippen LogP contribution is -2.36. The molecule has 0 bridgehead atoms. The van der Waals surface area contributed by atoms with Crippen molar-refractivity contribution in [1.29, 1.82) is 0 Å². The second-order valence-corrected chi connectivity index (χ2v) is 7.08. The summed E-state index contributed by atoms with van der Waals surface area (Å²) >= 11 is 5.83. The highest BCUT2D eigenvalue weighted by Gasteiger charge is 2.19. The van der Waals surface area contributed by atoms with Gasteiger partial charge in [-0.15, -0.1) is 0 Å². The third-order valence-corrected chi connectivity index (χ3v) is 4.82. The van der Waals surface area contributed by atoms with Gasteiger partial charge in [-0.05, 0) is 49.2 Å². The second-order valence-electron chi connectivity index (χ2n) is 6.64. The van der Waals surface area contributed by atoms with Gasteiger partial charge in [0.15, 0.2) is 6.61 Å². The van der Waals surface area contributed by atoms with Crippen LogP contribution in [0.4, 0.5) is 5.69 Å². The Morgan fingerprint density at radius 3 is 2.44 bits per heavy atom. The van der Waals surface area contributed by atoms with Crippen molar-refractivity contribution in [2.24, 2.45) is 0 Å². The number of halogens is 1. The fourth-order valence-electron chi connectivity index (χ4n) is 3.17. The highest BCUT2D eigenvalue weighted by molar-refractivity contribution is 6.30. The summed E-state index contributed by atoms with van der Waals surface area (Å²) in [7, 11) is 0. The minimum atomic E-state index is -0.331. The van der Waals surface area contributed by atoms with Gasteiger partial charge in [0.05, 0.1) is 11.3 Å². The highest BCUT2D eigenvalue weighted by Crippen LogP contribution is 2.20. The molecule has 1 saturated carbocycles. The number of para-hydroxylation sites is 1. The Bertz CT molecular complexity index is 786. The van der Waals surface area contributed by atoms with Crippen molar-refractivity contribution >= 4 is 29.1 Å². The Morgan fingerprint density at radius 2 is 1.70 bits per heavy atom. The number of hydrogen-bond acceptors (Lipinski definition) is 3. The van der Waals surface area contributed by atoms with Gasteiger partial charge >= 0.3 is 0 Å². The first-order valence-corrected chi connectivity index (χ1v) is 9.58. The molecule has 0 aromatic heterocycles. The van der Waals surface area contributed by atoms with E-state index in [1.165, 1.54) is 6.42 Å². The Balaban J connectivity index is 1.58. The van der Waals surface area contributed by atoms with Crippen molar-refractivity contribution in [2.45, 2.75) is 38.1 Å². The number of amides is 2. The SMILES string of the molecule is O=C(COc1ccc(Cl)cc1)Nc1ccccc1C(=O)NC1CCCCC1. The topological polar surface area (TPSA) is 67.4 Å². The fraction of sp³-hybridized carbons (Fsp3) is 0.333. The van der Waals surface area contributed by atoms with Crippen LogP contribution in [0, 0.1) is 0 Å². The van der Waals surface area contributed by atoms with Crippen molar-refractivity contribution < 1.29 is 14.3 Å². The van der Waals surface area contributed by atoms with Gasteiger partial charge in [0.2, 0.25) is 0 Å². The van der Waals surface area contributed by atoms with E-state index in [2.05, 4.69) is 10.6 Å². The highest BCUT2D eigenvalue weighted by atomic mass is 35.5. The minimum Gasteiger partial charge on any atom is -0.484 e. The molecule has 0 saturated heterocycles. The van der Waals surface area contributed by atoms with Crippen molar-refractivity contribution in [3.05, 3.63) is 59.1 Å². The molecular weight excluding hydrogens is 364 g/mol. The molecule has 5 nitrogen and oxygen atoms in total. The molecule has 2 N–H and O–H groups in total. The first-order valence-electron chi connectivity index (χ1n) is 9.20. The number of carbonyl (C=O) groups is 2. The molecule has 3 rings (SSSR count). The number of anilines is 1. The molecule has 0 heterocycles. The van der Waals surface area contributed by atoms with E-state index >= 15 is 0 Å². The van der Waals surface area contributed by atoms with Crippen LogP contribution in [0.1, 0.15) is 42.5 Å². The first kappa shape index (κ1) is 19.2. The van der Waals surface area contributed by atoms with Crippen molar-refractivity contribution in [3.8, 4) is 5.75 Å². The number of carbonyl (C=O) groups excluding carboxylic acids is 2. The Kier molecular flexibility index (Phi) is 6.71. The minimum absolute atomic E-state index is 0.153. The largest absolute Gasteiger partial charge is 0.484 e. The molecule has 0 aliphatic heterocycles. The van der Waals surface area contributed by atoms with Gasteiger partial charge in [0.1, 0.15) is 5.75 Å². The summed E-state index contributed by atoms with van der Waals surface area (Å²) in [6.07, 6.45) is 5.54. The van der Waals surface area contributed by atoms with Crippen LogP contribution in [-0.4, -0.2) is 24.5 Å². The third kappa shape index (κ3) is 5.73. The number of benzene rings is 2. The number of hydrogen-bond donors (Lipinski definition) is 2. The molecule has 0 radical (unpaired) electrons. The Morgan fingerprint density at radius 1 is 1.00 bits per heavy atom. The van der Waals surface area contributed by atoms with Gasteiger partial charge in [-0.25, -0.2) is 0 Å². The van der Waals surface area contributed by atoms with E-state index in [4.69, 9.17) is 16.3 Å². The van der Waals surface area contributed by atoms with Crippen LogP contribution in [0.3, 0.4) is 0 Å². The molecule has 1 fully saturated rings. The summed E-state index contributed by atoms with van der Waals surface area (Å²) < 4.78 is 5.45.